The highest BCUT2D eigenvalue weighted by Gasteiger charge is 2.08. The molecule has 0 aliphatic rings. The molecule has 1 aromatic carbocycles. The first-order valence-electron chi connectivity index (χ1n) is 5.47. The number of carbonyl (C=O) groups is 1. The van der Waals surface area contributed by atoms with Gasteiger partial charge >= 0.3 is 0 Å². The lowest BCUT2D eigenvalue weighted by Crippen LogP contribution is -2.26. The van der Waals surface area contributed by atoms with Gasteiger partial charge in [-0.05, 0) is 26.0 Å². The molecule has 0 radical (unpaired) electrons. The van der Waals surface area contributed by atoms with Gasteiger partial charge in [0.15, 0.2) is 0 Å². The van der Waals surface area contributed by atoms with Crippen molar-refractivity contribution in [2.24, 2.45) is 0 Å². The minimum atomic E-state index is 0.0891. The van der Waals surface area contributed by atoms with E-state index in [0.717, 1.165) is 17.7 Å². The maximum atomic E-state index is 11.7. The summed E-state index contributed by atoms with van der Waals surface area (Å²) in [5.74, 6) is 0.0891. The predicted molar refractivity (Wildman–Crippen MR) is 65.2 cm³/mol. The monoisotopic (exact) mass is 207 g/mol. The Balaban J connectivity index is 0.000000921. The first kappa shape index (κ1) is 13.7. The van der Waals surface area contributed by atoms with E-state index in [2.05, 4.69) is 0 Å². The van der Waals surface area contributed by atoms with Crippen molar-refractivity contribution in [2.45, 2.75) is 27.7 Å². The smallest absolute Gasteiger partial charge is 0.253 e. The Hall–Kier alpha value is -1.31. The van der Waals surface area contributed by atoms with Gasteiger partial charge in [0.2, 0.25) is 0 Å². The van der Waals surface area contributed by atoms with Gasteiger partial charge < -0.3 is 4.90 Å². The fourth-order valence-electron chi connectivity index (χ4n) is 1.14. The van der Waals surface area contributed by atoms with Crippen LogP contribution < -0.4 is 0 Å². The molecule has 2 nitrogen and oxygen atoms in total. The van der Waals surface area contributed by atoms with E-state index in [4.69, 9.17) is 0 Å². The third-order valence-corrected chi connectivity index (χ3v) is 2.09. The quantitative estimate of drug-likeness (QED) is 0.729. The lowest BCUT2D eigenvalue weighted by Gasteiger charge is -2.14. The van der Waals surface area contributed by atoms with Gasteiger partial charge in [0.05, 0.1) is 0 Å². The van der Waals surface area contributed by atoms with E-state index in [9.17, 15) is 4.79 Å². The van der Waals surface area contributed by atoms with Gasteiger partial charge in [0.25, 0.3) is 5.91 Å². The maximum Gasteiger partial charge on any atom is 0.253 e. The van der Waals surface area contributed by atoms with Crippen LogP contribution in [-0.2, 0) is 0 Å². The number of amides is 1. The van der Waals surface area contributed by atoms with E-state index < -0.39 is 0 Å². The maximum absolute atomic E-state index is 11.7. The number of rotatable bonds is 2. The van der Waals surface area contributed by atoms with Gasteiger partial charge in [-0.25, -0.2) is 0 Å². The van der Waals surface area contributed by atoms with Crippen LogP contribution in [0.25, 0.3) is 0 Å². The normalized spacial score (nSPS) is 8.87. The lowest BCUT2D eigenvalue weighted by molar-refractivity contribution is 0.0802. The van der Waals surface area contributed by atoms with Crippen molar-refractivity contribution in [3.8, 4) is 0 Å². The van der Waals surface area contributed by atoms with Crippen molar-refractivity contribution in [3.05, 3.63) is 35.4 Å². The van der Waals surface area contributed by atoms with Crippen molar-refractivity contribution >= 4 is 5.91 Å². The fourth-order valence-corrected chi connectivity index (χ4v) is 1.14. The summed E-state index contributed by atoms with van der Waals surface area (Å²) in [4.78, 5) is 13.4. The molecular weight excluding hydrogens is 186 g/mol. The molecule has 0 saturated carbocycles. The van der Waals surface area contributed by atoms with Gasteiger partial charge in [0, 0.05) is 19.2 Å². The van der Waals surface area contributed by atoms with Crippen molar-refractivity contribution < 1.29 is 4.79 Å². The Morgan fingerprint density at radius 1 is 1.33 bits per heavy atom. The number of benzene rings is 1. The molecular formula is C13H21NO. The molecule has 0 saturated heterocycles. The van der Waals surface area contributed by atoms with Crippen LogP contribution >= 0.6 is 0 Å². The number of aryl methyl sites for hydroxylation is 1. The Bertz CT molecular complexity index is 307. The van der Waals surface area contributed by atoms with E-state index >= 15 is 0 Å². The largest absolute Gasteiger partial charge is 0.342 e. The Morgan fingerprint density at radius 3 is 2.40 bits per heavy atom. The lowest BCUT2D eigenvalue weighted by atomic mass is 10.1. The van der Waals surface area contributed by atoms with Crippen molar-refractivity contribution in [1.82, 2.24) is 4.90 Å². The van der Waals surface area contributed by atoms with Crippen LogP contribution in [0.1, 0.15) is 36.7 Å². The van der Waals surface area contributed by atoms with E-state index in [1.807, 2.05) is 59.0 Å². The van der Waals surface area contributed by atoms with Crippen LogP contribution in [0.2, 0.25) is 0 Å². The van der Waals surface area contributed by atoms with E-state index in [-0.39, 0.29) is 5.91 Å². The van der Waals surface area contributed by atoms with Gasteiger partial charge in [0.1, 0.15) is 0 Å². The summed E-state index contributed by atoms with van der Waals surface area (Å²) in [5, 5.41) is 0. The third-order valence-electron chi connectivity index (χ3n) is 2.09. The highest BCUT2D eigenvalue weighted by atomic mass is 16.2. The minimum Gasteiger partial charge on any atom is -0.342 e. The first-order valence-corrected chi connectivity index (χ1v) is 5.47. The van der Waals surface area contributed by atoms with E-state index in [1.54, 1.807) is 4.90 Å². The summed E-state index contributed by atoms with van der Waals surface area (Å²) < 4.78 is 0. The molecule has 0 bridgehead atoms. The number of hydrogen-bond donors (Lipinski definition) is 0. The SMILES string of the molecule is CC.CCN(C)C(=O)c1cccc(C)c1. The van der Waals surface area contributed by atoms with E-state index in [0.29, 0.717) is 0 Å². The Labute approximate surface area is 92.9 Å². The van der Waals surface area contributed by atoms with Crippen LogP contribution in [0.5, 0.6) is 0 Å². The van der Waals surface area contributed by atoms with Crippen molar-refractivity contribution in [3.63, 3.8) is 0 Å². The summed E-state index contributed by atoms with van der Waals surface area (Å²) in [6, 6.07) is 7.66. The molecule has 0 unspecified atom stereocenters. The average Bonchev–Trinajstić information content (AvgIpc) is 2.29. The molecule has 0 N–H and O–H groups in total. The number of nitrogens with zero attached hydrogens (tertiary/aromatic N) is 1. The molecule has 0 spiro atoms. The summed E-state index contributed by atoms with van der Waals surface area (Å²) in [6.45, 7) is 8.70. The van der Waals surface area contributed by atoms with Gasteiger partial charge in [-0.2, -0.15) is 0 Å². The second-order valence-electron chi connectivity index (χ2n) is 3.19. The van der Waals surface area contributed by atoms with Crippen LogP contribution in [0.4, 0.5) is 0 Å². The molecule has 1 amide bonds. The zero-order valence-corrected chi connectivity index (χ0v) is 10.4. The Kier molecular flexibility index (Phi) is 6.43. The van der Waals surface area contributed by atoms with Crippen LogP contribution in [-0.4, -0.2) is 24.4 Å². The molecule has 84 valence electrons. The summed E-state index contributed by atoms with van der Waals surface area (Å²) in [6.07, 6.45) is 0. The van der Waals surface area contributed by atoms with Crippen LogP contribution in [0.15, 0.2) is 24.3 Å². The molecule has 0 aliphatic heterocycles. The number of hydrogen-bond acceptors (Lipinski definition) is 1. The molecule has 0 fully saturated rings. The summed E-state index contributed by atoms with van der Waals surface area (Å²) >= 11 is 0. The summed E-state index contributed by atoms with van der Waals surface area (Å²) in [5.41, 5.74) is 1.89. The van der Waals surface area contributed by atoms with Crippen LogP contribution in [0, 0.1) is 6.92 Å². The predicted octanol–water partition coefficient (Wildman–Crippen LogP) is 3.11. The van der Waals surface area contributed by atoms with Crippen molar-refractivity contribution in [1.29, 1.82) is 0 Å². The standard InChI is InChI=1S/C11H15NO.C2H6/c1-4-12(3)11(13)10-7-5-6-9(2)8-10;1-2/h5-8H,4H2,1-3H3;1-2H3. The zero-order valence-electron chi connectivity index (χ0n) is 10.4. The van der Waals surface area contributed by atoms with Crippen LogP contribution in [0.3, 0.4) is 0 Å². The molecule has 15 heavy (non-hydrogen) atoms. The fraction of sp³-hybridized carbons (Fsp3) is 0.462. The number of carbonyl (C=O) groups excluding carboxylic acids is 1. The summed E-state index contributed by atoms with van der Waals surface area (Å²) in [7, 11) is 1.81. The van der Waals surface area contributed by atoms with Gasteiger partial charge in [-0.15, -0.1) is 0 Å². The van der Waals surface area contributed by atoms with Crippen molar-refractivity contribution in [2.75, 3.05) is 13.6 Å². The Morgan fingerprint density at radius 2 is 1.93 bits per heavy atom. The molecule has 1 rings (SSSR count). The van der Waals surface area contributed by atoms with Gasteiger partial charge in [-0.3, -0.25) is 4.79 Å². The molecule has 2 heteroatoms. The minimum absolute atomic E-state index is 0.0891. The highest BCUT2D eigenvalue weighted by Crippen LogP contribution is 2.06. The highest BCUT2D eigenvalue weighted by molar-refractivity contribution is 5.94. The molecule has 1 aromatic rings. The molecule has 0 aromatic heterocycles. The second kappa shape index (κ2) is 7.04. The zero-order chi connectivity index (χ0) is 11.8. The second-order valence-corrected chi connectivity index (χ2v) is 3.19. The topological polar surface area (TPSA) is 20.3 Å². The molecule has 0 aliphatic carbocycles. The van der Waals surface area contributed by atoms with E-state index in [1.165, 1.54) is 0 Å². The van der Waals surface area contributed by atoms with Gasteiger partial charge in [-0.1, -0.05) is 31.5 Å². The average molecular weight is 207 g/mol. The first-order chi connectivity index (χ1) is 7.15. The molecule has 0 atom stereocenters. The molecule has 0 heterocycles. The third kappa shape index (κ3) is 4.15.